The molecule has 8 heteroatoms. The number of carbonyl (C=O) groups excluding carboxylic acids is 2. The van der Waals surface area contributed by atoms with E-state index in [0.29, 0.717) is 29.1 Å². The summed E-state index contributed by atoms with van der Waals surface area (Å²) in [5.74, 6) is -0.00197. The number of benzene rings is 2. The van der Waals surface area contributed by atoms with E-state index in [1.54, 1.807) is 48.7 Å². The molecule has 1 heterocycles. The van der Waals surface area contributed by atoms with Crippen molar-refractivity contribution in [2.24, 2.45) is 0 Å². The van der Waals surface area contributed by atoms with Crippen molar-refractivity contribution in [3.05, 3.63) is 83.8 Å². The van der Waals surface area contributed by atoms with Crippen LogP contribution in [0.1, 0.15) is 22.8 Å². The molecule has 3 aromatic rings. The number of nitrogens with one attached hydrogen (secondary N) is 3. The highest BCUT2D eigenvalue weighted by atomic mass is 19.1. The molecule has 0 spiro atoms. The number of amides is 3. The van der Waals surface area contributed by atoms with Crippen LogP contribution in [0.3, 0.4) is 0 Å². The van der Waals surface area contributed by atoms with E-state index in [9.17, 15) is 14.0 Å². The molecule has 3 rings (SSSR count). The van der Waals surface area contributed by atoms with Crippen LogP contribution >= 0.6 is 0 Å². The molecule has 0 unspecified atom stereocenters. The van der Waals surface area contributed by atoms with Gasteiger partial charge in [-0.3, -0.25) is 4.79 Å². The molecule has 0 fully saturated rings. The number of ether oxygens (including phenoxy) is 1. The van der Waals surface area contributed by atoms with Crippen molar-refractivity contribution in [2.75, 3.05) is 11.9 Å². The Kier molecular flexibility index (Phi) is 6.94. The minimum absolute atomic E-state index is 0.154. The van der Waals surface area contributed by atoms with Gasteiger partial charge < -0.3 is 20.7 Å². The zero-order chi connectivity index (χ0) is 21.3. The predicted octanol–water partition coefficient (Wildman–Crippen LogP) is 4.08. The average Bonchev–Trinajstić information content (AvgIpc) is 2.74. The summed E-state index contributed by atoms with van der Waals surface area (Å²) in [6.07, 6.45) is 1.55. The van der Waals surface area contributed by atoms with Crippen molar-refractivity contribution >= 4 is 17.6 Å². The van der Waals surface area contributed by atoms with Gasteiger partial charge in [0.1, 0.15) is 11.6 Å². The first-order valence-electron chi connectivity index (χ1n) is 9.35. The summed E-state index contributed by atoms with van der Waals surface area (Å²) in [4.78, 5) is 28.1. The molecule has 3 N–H and O–H groups in total. The Morgan fingerprint density at radius 3 is 2.57 bits per heavy atom. The van der Waals surface area contributed by atoms with Gasteiger partial charge in [-0.05, 0) is 49.4 Å². The van der Waals surface area contributed by atoms with Crippen molar-refractivity contribution in [3.8, 4) is 11.6 Å². The summed E-state index contributed by atoms with van der Waals surface area (Å²) in [6, 6.07) is 15.3. The predicted molar refractivity (Wildman–Crippen MR) is 111 cm³/mol. The second-order valence-electron chi connectivity index (χ2n) is 6.27. The molecule has 0 radical (unpaired) electrons. The van der Waals surface area contributed by atoms with E-state index in [1.807, 2.05) is 6.92 Å². The Balaban J connectivity index is 1.58. The molecule has 1 aromatic heterocycles. The number of rotatable bonds is 7. The summed E-state index contributed by atoms with van der Waals surface area (Å²) < 4.78 is 19.0. The number of halogens is 1. The zero-order valence-electron chi connectivity index (χ0n) is 16.3. The normalized spacial score (nSPS) is 10.2. The lowest BCUT2D eigenvalue weighted by Gasteiger charge is -2.12. The highest BCUT2D eigenvalue weighted by molar-refractivity contribution is 5.95. The van der Waals surface area contributed by atoms with E-state index < -0.39 is 11.8 Å². The Labute approximate surface area is 173 Å². The SMILES string of the molecule is CCNC(=O)c1ccc(NC(=O)NCc2cccnc2Oc2cccc(F)c2)cc1. The van der Waals surface area contributed by atoms with Gasteiger partial charge in [0.25, 0.3) is 5.91 Å². The van der Waals surface area contributed by atoms with Gasteiger partial charge in [0.2, 0.25) is 5.88 Å². The molecule has 30 heavy (non-hydrogen) atoms. The first-order valence-corrected chi connectivity index (χ1v) is 9.35. The van der Waals surface area contributed by atoms with Crippen LogP contribution in [0.2, 0.25) is 0 Å². The Morgan fingerprint density at radius 1 is 1.03 bits per heavy atom. The number of hydrogen-bond donors (Lipinski definition) is 3. The number of nitrogens with zero attached hydrogens (tertiary/aromatic N) is 1. The van der Waals surface area contributed by atoms with E-state index in [1.165, 1.54) is 18.2 Å². The molecule has 0 atom stereocenters. The summed E-state index contributed by atoms with van der Waals surface area (Å²) in [5.41, 5.74) is 1.68. The van der Waals surface area contributed by atoms with Crippen molar-refractivity contribution < 1.29 is 18.7 Å². The fourth-order valence-corrected chi connectivity index (χ4v) is 2.61. The van der Waals surface area contributed by atoms with Gasteiger partial charge >= 0.3 is 6.03 Å². The van der Waals surface area contributed by atoms with E-state index in [2.05, 4.69) is 20.9 Å². The van der Waals surface area contributed by atoms with Gasteiger partial charge in [-0.15, -0.1) is 0 Å². The first-order chi connectivity index (χ1) is 14.5. The largest absolute Gasteiger partial charge is 0.439 e. The molecule has 0 aliphatic rings. The van der Waals surface area contributed by atoms with Crippen molar-refractivity contribution in [3.63, 3.8) is 0 Å². The lowest BCUT2D eigenvalue weighted by Crippen LogP contribution is -2.28. The second kappa shape index (κ2) is 10.0. The third-order valence-corrected chi connectivity index (χ3v) is 4.04. The highest BCUT2D eigenvalue weighted by Crippen LogP contribution is 2.23. The molecular formula is C22H21FN4O3. The minimum Gasteiger partial charge on any atom is -0.439 e. The van der Waals surface area contributed by atoms with Gasteiger partial charge in [-0.2, -0.15) is 0 Å². The van der Waals surface area contributed by atoms with Crippen molar-refractivity contribution in [1.82, 2.24) is 15.6 Å². The molecule has 154 valence electrons. The van der Waals surface area contributed by atoms with E-state index in [-0.39, 0.29) is 18.3 Å². The zero-order valence-corrected chi connectivity index (χ0v) is 16.3. The van der Waals surface area contributed by atoms with Crippen LogP contribution in [0.15, 0.2) is 66.9 Å². The Morgan fingerprint density at radius 2 is 1.83 bits per heavy atom. The maximum Gasteiger partial charge on any atom is 0.319 e. The Bertz CT molecular complexity index is 1020. The van der Waals surface area contributed by atoms with Crippen LogP contribution in [0, 0.1) is 5.82 Å². The van der Waals surface area contributed by atoms with Crippen LogP contribution in [-0.4, -0.2) is 23.5 Å². The summed E-state index contributed by atoms with van der Waals surface area (Å²) in [6.45, 7) is 2.54. The molecule has 0 saturated heterocycles. The quantitative estimate of drug-likeness (QED) is 0.549. The molecule has 0 saturated carbocycles. The number of carbonyl (C=O) groups is 2. The topological polar surface area (TPSA) is 92.4 Å². The molecular weight excluding hydrogens is 387 g/mol. The fourth-order valence-electron chi connectivity index (χ4n) is 2.61. The van der Waals surface area contributed by atoms with Crippen LogP contribution in [0.25, 0.3) is 0 Å². The number of pyridine rings is 1. The van der Waals surface area contributed by atoms with Crippen LogP contribution < -0.4 is 20.7 Å². The van der Waals surface area contributed by atoms with Crippen molar-refractivity contribution in [2.45, 2.75) is 13.5 Å². The number of anilines is 1. The molecule has 0 aliphatic carbocycles. The summed E-state index contributed by atoms with van der Waals surface area (Å²) >= 11 is 0. The molecule has 7 nitrogen and oxygen atoms in total. The molecule has 0 aliphatic heterocycles. The Hall–Kier alpha value is -3.94. The van der Waals surface area contributed by atoms with E-state index in [4.69, 9.17) is 4.74 Å². The number of aromatic nitrogens is 1. The first kappa shape index (κ1) is 20.8. The van der Waals surface area contributed by atoms with Gasteiger partial charge in [0, 0.05) is 42.2 Å². The average molecular weight is 408 g/mol. The van der Waals surface area contributed by atoms with Gasteiger partial charge in [-0.1, -0.05) is 12.1 Å². The van der Waals surface area contributed by atoms with Crippen LogP contribution in [-0.2, 0) is 6.54 Å². The molecule has 2 aromatic carbocycles. The smallest absolute Gasteiger partial charge is 0.319 e. The maximum atomic E-state index is 13.4. The fraction of sp³-hybridized carbons (Fsp3) is 0.136. The molecule has 0 bridgehead atoms. The van der Waals surface area contributed by atoms with E-state index >= 15 is 0 Å². The van der Waals surface area contributed by atoms with Gasteiger partial charge in [0.15, 0.2) is 0 Å². The number of urea groups is 1. The maximum absolute atomic E-state index is 13.4. The third kappa shape index (κ3) is 5.78. The summed E-state index contributed by atoms with van der Waals surface area (Å²) in [5, 5.41) is 8.12. The monoisotopic (exact) mass is 408 g/mol. The highest BCUT2D eigenvalue weighted by Gasteiger charge is 2.10. The van der Waals surface area contributed by atoms with Gasteiger partial charge in [0.05, 0.1) is 0 Å². The third-order valence-electron chi connectivity index (χ3n) is 4.04. The molecule has 3 amide bonds. The summed E-state index contributed by atoms with van der Waals surface area (Å²) in [7, 11) is 0. The minimum atomic E-state index is -0.429. The van der Waals surface area contributed by atoms with Crippen molar-refractivity contribution in [1.29, 1.82) is 0 Å². The lowest BCUT2D eigenvalue weighted by atomic mass is 10.2. The van der Waals surface area contributed by atoms with Crippen LogP contribution in [0.4, 0.5) is 14.9 Å². The second-order valence-corrected chi connectivity index (χ2v) is 6.27. The number of hydrogen-bond acceptors (Lipinski definition) is 4. The van der Waals surface area contributed by atoms with Crippen LogP contribution in [0.5, 0.6) is 11.6 Å². The van der Waals surface area contributed by atoms with Gasteiger partial charge in [-0.25, -0.2) is 14.2 Å². The van der Waals surface area contributed by atoms with E-state index in [0.717, 1.165) is 0 Å². The lowest BCUT2D eigenvalue weighted by molar-refractivity contribution is 0.0956. The standard InChI is InChI=1S/C22H21FN4O3/c1-2-24-20(28)15-8-10-18(11-9-15)27-22(29)26-14-16-5-4-12-25-21(16)30-19-7-3-6-17(23)13-19/h3-13H,2,14H2,1H3,(H,24,28)(H2,26,27,29).